The van der Waals surface area contributed by atoms with Crippen LogP contribution in [0.5, 0.6) is 0 Å². The molecule has 0 rings (SSSR count). The van der Waals surface area contributed by atoms with Crippen LogP contribution in [0.4, 0.5) is 0 Å². The van der Waals surface area contributed by atoms with E-state index in [2.05, 4.69) is 30.9 Å². The van der Waals surface area contributed by atoms with Crippen molar-refractivity contribution in [1.29, 1.82) is 5.26 Å². The van der Waals surface area contributed by atoms with E-state index in [1.54, 1.807) is 6.21 Å². The molecule has 0 saturated carbocycles. The molecule has 0 atom stereocenters. The van der Waals surface area contributed by atoms with Crippen molar-refractivity contribution < 1.29 is 4.53 Å². The molecule has 0 amide bonds. The fourth-order valence-corrected chi connectivity index (χ4v) is 0.911. The number of unbranched alkanes of at least 4 members (excludes halogenated alkanes) is 2. The summed E-state index contributed by atoms with van der Waals surface area (Å²) in [5, 5.41) is 12.1. The van der Waals surface area contributed by atoms with Crippen LogP contribution in [0.2, 0.25) is 19.6 Å². The SMILES string of the molecule is C[Si](C)(C)ON=CCCCC#N. The molecular weight excluding hydrogens is 168 g/mol. The number of hydrogen-bond acceptors (Lipinski definition) is 3. The highest BCUT2D eigenvalue weighted by Crippen LogP contribution is 2.02. The Hall–Kier alpha value is -0.823. The van der Waals surface area contributed by atoms with Crippen molar-refractivity contribution in [2.75, 3.05) is 0 Å². The molecule has 0 aliphatic heterocycles. The van der Waals surface area contributed by atoms with Gasteiger partial charge in [-0.05, 0) is 32.5 Å². The Balaban J connectivity index is 3.33. The molecule has 0 heterocycles. The predicted molar refractivity (Wildman–Crippen MR) is 52.4 cm³/mol. The summed E-state index contributed by atoms with van der Waals surface area (Å²) >= 11 is 0. The van der Waals surface area contributed by atoms with Crippen molar-refractivity contribution in [1.82, 2.24) is 0 Å². The van der Waals surface area contributed by atoms with E-state index in [1.807, 2.05) is 0 Å². The fourth-order valence-electron chi connectivity index (χ4n) is 0.520. The van der Waals surface area contributed by atoms with Crippen LogP contribution in [0.25, 0.3) is 0 Å². The van der Waals surface area contributed by atoms with E-state index in [1.165, 1.54) is 0 Å². The highest BCUT2D eigenvalue weighted by Gasteiger charge is 2.14. The van der Waals surface area contributed by atoms with E-state index in [9.17, 15) is 0 Å². The minimum Gasteiger partial charge on any atom is -0.456 e. The lowest BCUT2D eigenvalue weighted by Crippen LogP contribution is -2.22. The van der Waals surface area contributed by atoms with Gasteiger partial charge in [0, 0.05) is 12.6 Å². The monoisotopic (exact) mass is 184 g/mol. The molecule has 0 unspecified atom stereocenters. The molecule has 3 nitrogen and oxygen atoms in total. The van der Waals surface area contributed by atoms with Crippen LogP contribution in [0, 0.1) is 11.3 Å². The van der Waals surface area contributed by atoms with Gasteiger partial charge in [0.25, 0.3) is 8.32 Å². The van der Waals surface area contributed by atoms with Crippen LogP contribution in [-0.2, 0) is 4.53 Å². The van der Waals surface area contributed by atoms with Gasteiger partial charge in [0.2, 0.25) is 0 Å². The Kier molecular flexibility index (Phi) is 5.38. The summed E-state index contributed by atoms with van der Waals surface area (Å²) in [4.78, 5) is 0. The molecule has 0 aromatic rings. The summed E-state index contributed by atoms with van der Waals surface area (Å²) in [6.07, 6.45) is 4.04. The summed E-state index contributed by atoms with van der Waals surface area (Å²) in [5.41, 5.74) is 0. The van der Waals surface area contributed by atoms with Gasteiger partial charge in [-0.1, -0.05) is 0 Å². The van der Waals surface area contributed by atoms with E-state index in [4.69, 9.17) is 9.79 Å². The van der Waals surface area contributed by atoms with E-state index in [0.29, 0.717) is 6.42 Å². The third kappa shape index (κ3) is 9.18. The van der Waals surface area contributed by atoms with Crippen molar-refractivity contribution >= 4 is 14.5 Å². The molecule has 0 saturated heterocycles. The minimum absolute atomic E-state index is 0.596. The average molecular weight is 184 g/mol. The lowest BCUT2D eigenvalue weighted by Gasteiger charge is -2.11. The van der Waals surface area contributed by atoms with Gasteiger partial charge in [0.05, 0.1) is 6.07 Å². The standard InChI is InChI=1S/C8H16N2OSi/c1-12(2,3)11-10-8-6-4-5-7-9/h8H,4-6H2,1-3H3. The molecule has 0 bridgehead atoms. The van der Waals surface area contributed by atoms with E-state index in [0.717, 1.165) is 12.8 Å². The zero-order valence-corrected chi connectivity index (χ0v) is 9.00. The predicted octanol–water partition coefficient (Wildman–Crippen LogP) is 2.52. The van der Waals surface area contributed by atoms with Crippen LogP contribution in [0.3, 0.4) is 0 Å². The zero-order valence-electron chi connectivity index (χ0n) is 8.00. The maximum atomic E-state index is 8.23. The number of nitrogens with zero attached hydrogens (tertiary/aromatic N) is 2. The van der Waals surface area contributed by atoms with Crippen molar-refractivity contribution in [2.45, 2.75) is 38.9 Å². The molecule has 68 valence electrons. The molecule has 0 radical (unpaired) electrons. The number of oxime groups is 1. The second kappa shape index (κ2) is 5.78. The van der Waals surface area contributed by atoms with Gasteiger partial charge in [-0.25, -0.2) is 0 Å². The van der Waals surface area contributed by atoms with Crippen molar-refractivity contribution in [2.24, 2.45) is 5.16 Å². The molecule has 0 aromatic heterocycles. The van der Waals surface area contributed by atoms with Crippen LogP contribution < -0.4 is 0 Å². The summed E-state index contributed by atoms with van der Waals surface area (Å²) in [5.74, 6) is 0. The van der Waals surface area contributed by atoms with Gasteiger partial charge in [0.1, 0.15) is 0 Å². The highest BCUT2D eigenvalue weighted by molar-refractivity contribution is 6.69. The Morgan fingerprint density at radius 3 is 2.67 bits per heavy atom. The fraction of sp³-hybridized carbons (Fsp3) is 0.750. The first-order valence-electron chi connectivity index (χ1n) is 4.13. The smallest absolute Gasteiger partial charge is 0.278 e. The lowest BCUT2D eigenvalue weighted by molar-refractivity contribution is 0.336. The van der Waals surface area contributed by atoms with E-state index >= 15 is 0 Å². The third-order valence-electron chi connectivity index (χ3n) is 1.02. The molecule has 0 aliphatic carbocycles. The van der Waals surface area contributed by atoms with E-state index < -0.39 is 8.32 Å². The van der Waals surface area contributed by atoms with Crippen LogP contribution in [0.15, 0.2) is 5.16 Å². The van der Waals surface area contributed by atoms with Crippen molar-refractivity contribution in [3.05, 3.63) is 0 Å². The number of nitriles is 1. The van der Waals surface area contributed by atoms with Crippen LogP contribution >= 0.6 is 0 Å². The molecule has 4 heteroatoms. The lowest BCUT2D eigenvalue weighted by atomic mass is 10.3. The second-order valence-electron chi connectivity index (χ2n) is 3.54. The third-order valence-corrected chi connectivity index (χ3v) is 1.68. The van der Waals surface area contributed by atoms with Gasteiger partial charge < -0.3 is 4.53 Å². The molecular formula is C8H16N2OSi. The molecule has 0 aromatic carbocycles. The molecule has 12 heavy (non-hydrogen) atoms. The van der Waals surface area contributed by atoms with Gasteiger partial charge in [-0.15, -0.1) is 5.16 Å². The van der Waals surface area contributed by atoms with Gasteiger partial charge in [-0.3, -0.25) is 0 Å². The van der Waals surface area contributed by atoms with Crippen LogP contribution in [0.1, 0.15) is 19.3 Å². The Labute approximate surface area is 75.2 Å². The quantitative estimate of drug-likeness (QED) is 0.285. The van der Waals surface area contributed by atoms with Crippen LogP contribution in [-0.4, -0.2) is 14.5 Å². The minimum atomic E-state index is -1.49. The van der Waals surface area contributed by atoms with Gasteiger partial charge in [-0.2, -0.15) is 5.26 Å². The first-order valence-corrected chi connectivity index (χ1v) is 7.54. The molecule has 0 fully saturated rings. The maximum Gasteiger partial charge on any atom is 0.278 e. The summed E-state index contributed by atoms with van der Waals surface area (Å²) in [6, 6.07) is 2.08. The number of rotatable bonds is 5. The normalized spacial score (nSPS) is 11.5. The summed E-state index contributed by atoms with van der Waals surface area (Å²) < 4.78 is 5.23. The number of hydrogen-bond donors (Lipinski definition) is 0. The Bertz CT molecular complexity index is 178. The Morgan fingerprint density at radius 2 is 2.17 bits per heavy atom. The Morgan fingerprint density at radius 1 is 1.50 bits per heavy atom. The van der Waals surface area contributed by atoms with E-state index in [-0.39, 0.29) is 0 Å². The highest BCUT2D eigenvalue weighted by atomic mass is 28.4. The molecule has 0 N–H and O–H groups in total. The zero-order chi connectivity index (χ0) is 9.45. The van der Waals surface area contributed by atoms with Gasteiger partial charge in [0.15, 0.2) is 0 Å². The first kappa shape index (κ1) is 11.2. The van der Waals surface area contributed by atoms with Crippen molar-refractivity contribution in [3.63, 3.8) is 0 Å². The average Bonchev–Trinajstić information content (AvgIpc) is 1.94. The summed E-state index contributed by atoms with van der Waals surface area (Å²) in [7, 11) is -1.49. The topological polar surface area (TPSA) is 45.4 Å². The molecule has 0 aliphatic rings. The largest absolute Gasteiger partial charge is 0.456 e. The maximum absolute atomic E-state index is 8.23. The van der Waals surface area contributed by atoms with Gasteiger partial charge >= 0.3 is 0 Å². The van der Waals surface area contributed by atoms with Crippen molar-refractivity contribution in [3.8, 4) is 6.07 Å². The molecule has 0 spiro atoms. The first-order chi connectivity index (χ1) is 5.56. The summed E-state index contributed by atoms with van der Waals surface area (Å²) in [6.45, 7) is 6.25. The second-order valence-corrected chi connectivity index (χ2v) is 7.95.